The van der Waals surface area contributed by atoms with Crippen molar-refractivity contribution in [3.63, 3.8) is 0 Å². The highest BCUT2D eigenvalue weighted by atomic mass is 16.3. The van der Waals surface area contributed by atoms with Crippen molar-refractivity contribution in [3.05, 3.63) is 59.7 Å². The Bertz CT molecular complexity index is 514. The number of hydrogen-bond donors (Lipinski definition) is 2. The molecular weight excluding hydrogens is 248 g/mol. The summed E-state index contributed by atoms with van der Waals surface area (Å²) in [6.45, 7) is 2.18. The first-order valence-corrected chi connectivity index (χ1v) is 7.29. The van der Waals surface area contributed by atoms with E-state index in [1.165, 1.54) is 0 Å². The summed E-state index contributed by atoms with van der Waals surface area (Å²) in [5.41, 5.74) is 1.79. The third kappa shape index (κ3) is 3.32. The summed E-state index contributed by atoms with van der Waals surface area (Å²) in [6.07, 6.45) is 4.35. The highest BCUT2D eigenvalue weighted by Gasteiger charge is 2.20. The second-order valence-corrected chi connectivity index (χ2v) is 5.17. The lowest BCUT2D eigenvalue weighted by Gasteiger charge is -2.20. The van der Waals surface area contributed by atoms with Crippen LogP contribution in [-0.4, -0.2) is 10.2 Å². The predicted octanol–water partition coefficient (Wildman–Crippen LogP) is 4.81. The molecule has 2 rings (SSSR count). The fraction of sp³-hybridized carbons (Fsp3) is 0.333. The number of phenols is 2. The average Bonchev–Trinajstić information content (AvgIpc) is 2.46. The molecule has 0 aliphatic carbocycles. The molecular formula is C18H22O2. The molecule has 2 aromatic carbocycles. The fourth-order valence-corrected chi connectivity index (χ4v) is 2.66. The Balaban J connectivity index is 2.36. The van der Waals surface area contributed by atoms with Gasteiger partial charge in [-0.05, 0) is 24.1 Å². The van der Waals surface area contributed by atoms with Crippen molar-refractivity contribution in [2.75, 3.05) is 0 Å². The zero-order valence-electron chi connectivity index (χ0n) is 11.9. The Kier molecular flexibility index (Phi) is 5.05. The monoisotopic (exact) mass is 270 g/mol. The van der Waals surface area contributed by atoms with E-state index in [1.54, 1.807) is 18.2 Å². The number of benzene rings is 2. The lowest BCUT2D eigenvalue weighted by atomic mass is 9.86. The van der Waals surface area contributed by atoms with E-state index >= 15 is 0 Å². The second kappa shape index (κ2) is 6.99. The molecule has 1 unspecified atom stereocenters. The summed E-state index contributed by atoms with van der Waals surface area (Å²) < 4.78 is 0. The van der Waals surface area contributed by atoms with Crippen LogP contribution in [0.4, 0.5) is 0 Å². The third-order valence-electron chi connectivity index (χ3n) is 3.71. The highest BCUT2D eigenvalue weighted by Crippen LogP contribution is 2.40. The Morgan fingerprint density at radius 1 is 0.850 bits per heavy atom. The number of unbranched alkanes of at least 4 members (excludes halogenated alkanes) is 2. The molecule has 106 valence electrons. The largest absolute Gasteiger partial charge is 0.508 e. The van der Waals surface area contributed by atoms with Crippen LogP contribution >= 0.6 is 0 Å². The molecule has 20 heavy (non-hydrogen) atoms. The average molecular weight is 270 g/mol. The number of aromatic hydroxyl groups is 2. The van der Waals surface area contributed by atoms with E-state index in [9.17, 15) is 10.2 Å². The van der Waals surface area contributed by atoms with Gasteiger partial charge >= 0.3 is 0 Å². The zero-order valence-corrected chi connectivity index (χ0v) is 11.9. The molecule has 0 bridgehead atoms. The Labute approximate surface area is 120 Å². The minimum Gasteiger partial charge on any atom is -0.508 e. The molecule has 0 heterocycles. The SMILES string of the molecule is CCCCCC(c1ccccc1)c1c(O)cccc1O. The van der Waals surface area contributed by atoms with Crippen molar-refractivity contribution in [1.82, 2.24) is 0 Å². The van der Waals surface area contributed by atoms with Gasteiger partial charge in [0.1, 0.15) is 11.5 Å². The molecule has 2 aromatic rings. The minimum atomic E-state index is 0.0453. The van der Waals surface area contributed by atoms with Crippen molar-refractivity contribution in [2.45, 2.75) is 38.5 Å². The van der Waals surface area contributed by atoms with Crippen LogP contribution in [0.1, 0.15) is 49.7 Å². The normalized spacial score (nSPS) is 12.2. The van der Waals surface area contributed by atoms with E-state index in [2.05, 4.69) is 19.1 Å². The van der Waals surface area contributed by atoms with Gasteiger partial charge in [0.25, 0.3) is 0 Å². The highest BCUT2D eigenvalue weighted by molar-refractivity contribution is 5.49. The van der Waals surface area contributed by atoms with Crippen LogP contribution in [0.2, 0.25) is 0 Å². The third-order valence-corrected chi connectivity index (χ3v) is 3.71. The molecule has 0 radical (unpaired) electrons. The topological polar surface area (TPSA) is 40.5 Å². The summed E-state index contributed by atoms with van der Waals surface area (Å²) in [4.78, 5) is 0. The van der Waals surface area contributed by atoms with Crippen molar-refractivity contribution >= 4 is 0 Å². The summed E-state index contributed by atoms with van der Waals surface area (Å²) in [7, 11) is 0. The van der Waals surface area contributed by atoms with E-state index in [0.29, 0.717) is 5.56 Å². The van der Waals surface area contributed by atoms with Gasteiger partial charge in [0.05, 0.1) is 0 Å². The number of rotatable bonds is 6. The van der Waals surface area contributed by atoms with Crippen LogP contribution in [0.15, 0.2) is 48.5 Å². The van der Waals surface area contributed by atoms with Gasteiger partial charge in [-0.2, -0.15) is 0 Å². The Morgan fingerprint density at radius 3 is 2.10 bits per heavy atom. The molecule has 1 atom stereocenters. The summed E-state index contributed by atoms with van der Waals surface area (Å²) in [6, 6.07) is 15.1. The van der Waals surface area contributed by atoms with E-state index in [0.717, 1.165) is 31.2 Å². The number of hydrogen-bond acceptors (Lipinski definition) is 2. The Hall–Kier alpha value is -1.96. The van der Waals surface area contributed by atoms with Gasteiger partial charge in [0.2, 0.25) is 0 Å². The van der Waals surface area contributed by atoms with Crippen molar-refractivity contribution in [3.8, 4) is 11.5 Å². The van der Waals surface area contributed by atoms with Gasteiger partial charge in [-0.1, -0.05) is 62.6 Å². The van der Waals surface area contributed by atoms with Gasteiger partial charge in [-0.15, -0.1) is 0 Å². The molecule has 2 N–H and O–H groups in total. The van der Waals surface area contributed by atoms with Gasteiger partial charge in [0, 0.05) is 11.5 Å². The van der Waals surface area contributed by atoms with E-state index in [1.807, 2.05) is 18.2 Å². The molecule has 0 amide bonds. The van der Waals surface area contributed by atoms with Crippen LogP contribution < -0.4 is 0 Å². The van der Waals surface area contributed by atoms with Gasteiger partial charge < -0.3 is 10.2 Å². The first-order chi connectivity index (χ1) is 9.74. The maximum atomic E-state index is 10.1. The number of phenolic OH excluding ortho intramolecular Hbond substituents is 2. The molecule has 0 aliphatic rings. The standard InChI is InChI=1S/C18H22O2/c1-2-3-5-11-15(14-9-6-4-7-10-14)18-16(19)12-8-13-17(18)20/h4,6-10,12-13,15,19-20H,2-3,5,11H2,1H3. The van der Waals surface area contributed by atoms with Gasteiger partial charge in [-0.3, -0.25) is 0 Å². The predicted molar refractivity (Wildman–Crippen MR) is 82.2 cm³/mol. The first kappa shape index (κ1) is 14.4. The van der Waals surface area contributed by atoms with Crippen molar-refractivity contribution in [2.24, 2.45) is 0 Å². The Morgan fingerprint density at radius 2 is 1.50 bits per heavy atom. The lowest BCUT2D eigenvalue weighted by molar-refractivity contribution is 0.428. The molecule has 0 spiro atoms. The molecule has 0 saturated carbocycles. The summed E-state index contributed by atoms with van der Waals surface area (Å²) >= 11 is 0. The maximum absolute atomic E-state index is 10.1. The van der Waals surface area contributed by atoms with E-state index in [-0.39, 0.29) is 17.4 Å². The summed E-state index contributed by atoms with van der Waals surface area (Å²) in [5, 5.41) is 20.2. The van der Waals surface area contributed by atoms with Crippen LogP contribution in [0.3, 0.4) is 0 Å². The van der Waals surface area contributed by atoms with Crippen molar-refractivity contribution in [1.29, 1.82) is 0 Å². The maximum Gasteiger partial charge on any atom is 0.123 e. The molecule has 0 saturated heterocycles. The smallest absolute Gasteiger partial charge is 0.123 e. The fourth-order valence-electron chi connectivity index (χ4n) is 2.66. The molecule has 0 aliphatic heterocycles. The minimum absolute atomic E-state index is 0.0453. The molecule has 2 nitrogen and oxygen atoms in total. The first-order valence-electron chi connectivity index (χ1n) is 7.29. The second-order valence-electron chi connectivity index (χ2n) is 5.17. The van der Waals surface area contributed by atoms with Crippen LogP contribution in [-0.2, 0) is 0 Å². The van der Waals surface area contributed by atoms with Gasteiger partial charge in [-0.25, -0.2) is 0 Å². The molecule has 2 heteroatoms. The van der Waals surface area contributed by atoms with Crippen LogP contribution in [0.5, 0.6) is 11.5 Å². The van der Waals surface area contributed by atoms with E-state index in [4.69, 9.17) is 0 Å². The van der Waals surface area contributed by atoms with Crippen LogP contribution in [0.25, 0.3) is 0 Å². The van der Waals surface area contributed by atoms with Crippen molar-refractivity contribution < 1.29 is 10.2 Å². The molecule has 0 aromatic heterocycles. The lowest BCUT2D eigenvalue weighted by Crippen LogP contribution is -2.02. The zero-order chi connectivity index (χ0) is 14.4. The quantitative estimate of drug-likeness (QED) is 0.739. The van der Waals surface area contributed by atoms with E-state index < -0.39 is 0 Å². The molecule has 0 fully saturated rings. The summed E-state index contributed by atoms with van der Waals surface area (Å²) in [5.74, 6) is 0.398. The van der Waals surface area contributed by atoms with Gasteiger partial charge in [0.15, 0.2) is 0 Å². The van der Waals surface area contributed by atoms with Crippen LogP contribution in [0, 0.1) is 0 Å².